The van der Waals surface area contributed by atoms with Crippen LogP contribution in [0.4, 0.5) is 23.7 Å². The van der Waals surface area contributed by atoms with Crippen LogP contribution in [0.2, 0.25) is 0 Å². The van der Waals surface area contributed by atoms with E-state index in [2.05, 4.69) is 5.32 Å². The fourth-order valence-corrected chi connectivity index (χ4v) is 4.87. The summed E-state index contributed by atoms with van der Waals surface area (Å²) in [6.07, 6.45) is -4.59. The quantitative estimate of drug-likeness (QED) is 0.561. The predicted octanol–water partition coefficient (Wildman–Crippen LogP) is 2.92. The molecule has 0 aromatic heterocycles. The Labute approximate surface area is 215 Å². The van der Waals surface area contributed by atoms with Gasteiger partial charge in [-0.2, -0.15) is 13.2 Å². The summed E-state index contributed by atoms with van der Waals surface area (Å²) in [7, 11) is -1.66. The summed E-state index contributed by atoms with van der Waals surface area (Å²) in [5, 5.41) is 2.84. The highest BCUT2D eigenvalue weighted by molar-refractivity contribution is 7.92. The molecule has 0 radical (unpaired) electrons. The summed E-state index contributed by atoms with van der Waals surface area (Å²) in [4.78, 5) is 29.1. The lowest BCUT2D eigenvalue weighted by atomic mass is 10.0. The van der Waals surface area contributed by atoms with Crippen LogP contribution in [-0.2, 0) is 14.8 Å². The summed E-state index contributed by atoms with van der Waals surface area (Å²) < 4.78 is 75.2. The van der Waals surface area contributed by atoms with Gasteiger partial charge in [-0.1, -0.05) is 13.8 Å². The molecular formula is C23H35F3N4O6S. The molecule has 14 heteroatoms. The number of likely N-dealkylation sites (N-methyl/N-ethyl adjacent to an activating group) is 1. The molecule has 1 aliphatic heterocycles. The van der Waals surface area contributed by atoms with Crippen molar-refractivity contribution in [2.75, 3.05) is 50.9 Å². The number of anilines is 1. The fourth-order valence-electron chi connectivity index (χ4n) is 3.88. The fraction of sp³-hybridized carbons (Fsp3) is 0.652. The minimum atomic E-state index is -4.93. The summed E-state index contributed by atoms with van der Waals surface area (Å²) in [6, 6.07) is 2.87. The predicted molar refractivity (Wildman–Crippen MR) is 132 cm³/mol. The Hall–Kier alpha value is -2.74. The van der Waals surface area contributed by atoms with E-state index in [1.807, 2.05) is 18.6 Å². The third kappa shape index (κ3) is 8.95. The number of nitrogens with zero attached hydrogens (tertiary/aromatic N) is 2. The molecule has 0 spiro atoms. The average Bonchev–Trinajstić information content (AvgIpc) is 2.79. The maximum atomic E-state index is 13.2. The zero-order valence-electron chi connectivity index (χ0n) is 21.6. The molecule has 0 unspecified atom stereocenters. The van der Waals surface area contributed by atoms with Crippen LogP contribution >= 0.6 is 0 Å². The first-order valence-corrected chi connectivity index (χ1v) is 13.5. The van der Waals surface area contributed by atoms with Crippen molar-refractivity contribution in [1.82, 2.24) is 15.1 Å². The van der Waals surface area contributed by atoms with Gasteiger partial charge in [-0.15, -0.1) is 0 Å². The Kier molecular flexibility index (Phi) is 10.4. The molecule has 3 atom stereocenters. The normalized spacial score (nSPS) is 21.8. The molecule has 1 aromatic rings. The topological polar surface area (TPSA) is 117 Å². The zero-order valence-corrected chi connectivity index (χ0v) is 22.4. The molecule has 0 aliphatic carbocycles. The second kappa shape index (κ2) is 12.7. The number of halogens is 3. The van der Waals surface area contributed by atoms with Crippen LogP contribution in [0, 0.1) is 5.92 Å². The van der Waals surface area contributed by atoms with Crippen LogP contribution in [0.5, 0.6) is 5.75 Å². The van der Waals surface area contributed by atoms with Gasteiger partial charge in [0.1, 0.15) is 12.4 Å². The van der Waals surface area contributed by atoms with Crippen LogP contribution in [0.1, 0.15) is 37.6 Å². The first-order valence-electron chi connectivity index (χ1n) is 11.8. The first-order chi connectivity index (χ1) is 17.2. The number of hydrogen-bond donors (Lipinski definition) is 2. The monoisotopic (exact) mass is 552 g/mol. The molecule has 2 N–H and O–H groups in total. The van der Waals surface area contributed by atoms with Gasteiger partial charge in [0.15, 0.2) is 5.75 Å². The van der Waals surface area contributed by atoms with Gasteiger partial charge in [0.25, 0.3) is 5.91 Å². The number of methoxy groups -OCH3 is 1. The number of carbonyl (C=O) groups is 2. The van der Waals surface area contributed by atoms with Crippen LogP contribution in [0.15, 0.2) is 18.2 Å². The highest BCUT2D eigenvalue weighted by atomic mass is 32.2. The summed E-state index contributed by atoms with van der Waals surface area (Å²) in [5.41, 5.74) is -0.113. The van der Waals surface area contributed by atoms with Crippen molar-refractivity contribution in [3.63, 3.8) is 0 Å². The minimum absolute atomic E-state index is 0.0348. The van der Waals surface area contributed by atoms with E-state index < -0.39 is 40.0 Å². The largest absolute Gasteiger partial charge is 0.491 e. The molecule has 0 saturated carbocycles. The molecule has 37 heavy (non-hydrogen) atoms. The first kappa shape index (κ1) is 30.5. The number of alkyl halides is 3. The molecule has 3 amide bonds. The molecule has 0 fully saturated rings. The van der Waals surface area contributed by atoms with Crippen molar-refractivity contribution in [1.29, 1.82) is 0 Å². The molecule has 10 nitrogen and oxygen atoms in total. The number of sulfonamides is 1. The minimum Gasteiger partial charge on any atom is -0.491 e. The lowest BCUT2D eigenvalue weighted by molar-refractivity contribution is -0.106. The Morgan fingerprint density at radius 3 is 2.51 bits per heavy atom. The number of carbonyl (C=O) groups excluding carboxylic acids is 2. The van der Waals surface area contributed by atoms with E-state index in [-0.39, 0.29) is 42.1 Å². The van der Waals surface area contributed by atoms with E-state index in [4.69, 9.17) is 9.47 Å². The molecule has 0 saturated heterocycles. The van der Waals surface area contributed by atoms with Gasteiger partial charge in [-0.25, -0.2) is 13.2 Å². The number of benzene rings is 1. The molecule has 0 bridgehead atoms. The van der Waals surface area contributed by atoms with Gasteiger partial charge >= 0.3 is 12.2 Å². The Morgan fingerprint density at radius 2 is 1.92 bits per heavy atom. The van der Waals surface area contributed by atoms with Gasteiger partial charge in [-0.3, -0.25) is 9.52 Å². The summed E-state index contributed by atoms with van der Waals surface area (Å²) in [6.45, 7) is 6.52. The number of ether oxygens (including phenoxy) is 2. The molecule has 1 aliphatic rings. The van der Waals surface area contributed by atoms with E-state index in [1.165, 1.54) is 24.1 Å². The standard InChI is InChI=1S/C23H35F3N4O6S/c1-6-9-27-22(32)30-11-15(2)20(35-5)12-29(4)21(31)18-8-7-17(10-19(18)36-13-16(30)3)28-37(33,34)14-23(24,25)26/h7-8,10,15-16,20,28H,6,9,11-14H2,1-5H3,(H,27,32)/t15-,16-,20+/m1/s1. The average molecular weight is 553 g/mol. The van der Waals surface area contributed by atoms with Gasteiger partial charge in [0.2, 0.25) is 10.0 Å². The number of nitrogens with one attached hydrogen (secondary N) is 2. The summed E-state index contributed by atoms with van der Waals surface area (Å²) >= 11 is 0. The maximum absolute atomic E-state index is 13.2. The highest BCUT2D eigenvalue weighted by Gasteiger charge is 2.35. The van der Waals surface area contributed by atoms with E-state index in [9.17, 15) is 31.2 Å². The zero-order chi connectivity index (χ0) is 28.0. The van der Waals surface area contributed by atoms with Crippen molar-refractivity contribution in [3.8, 4) is 5.75 Å². The second-order valence-corrected chi connectivity index (χ2v) is 10.9. The Morgan fingerprint density at radius 1 is 1.24 bits per heavy atom. The highest BCUT2D eigenvalue weighted by Crippen LogP contribution is 2.28. The SMILES string of the molecule is CCCNC(=O)N1C[C@@H](C)[C@@H](OC)CN(C)C(=O)c2ccc(NS(=O)(=O)CC(F)(F)F)cc2OC[C@H]1C. The number of rotatable bonds is 6. The lowest BCUT2D eigenvalue weighted by Crippen LogP contribution is -2.51. The number of hydrogen-bond acceptors (Lipinski definition) is 6. The molecule has 210 valence electrons. The van der Waals surface area contributed by atoms with E-state index >= 15 is 0 Å². The van der Waals surface area contributed by atoms with E-state index in [1.54, 1.807) is 18.9 Å². The Bertz CT molecular complexity index is 1050. The van der Waals surface area contributed by atoms with Crippen molar-refractivity contribution in [2.24, 2.45) is 5.92 Å². The number of urea groups is 1. The van der Waals surface area contributed by atoms with Crippen LogP contribution < -0.4 is 14.8 Å². The molecule has 1 heterocycles. The van der Waals surface area contributed by atoms with Gasteiger partial charge in [0, 0.05) is 45.8 Å². The van der Waals surface area contributed by atoms with E-state index in [0.717, 1.165) is 12.5 Å². The number of amides is 3. The van der Waals surface area contributed by atoms with Crippen molar-refractivity contribution in [3.05, 3.63) is 23.8 Å². The van der Waals surface area contributed by atoms with Gasteiger partial charge in [0.05, 0.1) is 23.4 Å². The van der Waals surface area contributed by atoms with Crippen LogP contribution in [0.25, 0.3) is 0 Å². The molecular weight excluding hydrogens is 517 g/mol. The molecule has 2 rings (SSSR count). The van der Waals surface area contributed by atoms with E-state index in [0.29, 0.717) is 13.1 Å². The molecule has 1 aromatic carbocycles. The number of fused-ring (bicyclic) bond motifs is 1. The third-order valence-electron chi connectivity index (χ3n) is 5.86. The van der Waals surface area contributed by atoms with Gasteiger partial charge < -0.3 is 24.6 Å². The maximum Gasteiger partial charge on any atom is 0.404 e. The van der Waals surface area contributed by atoms with Crippen molar-refractivity contribution < 1.29 is 40.7 Å². The lowest BCUT2D eigenvalue weighted by Gasteiger charge is -2.36. The van der Waals surface area contributed by atoms with Crippen molar-refractivity contribution >= 4 is 27.6 Å². The third-order valence-corrected chi connectivity index (χ3v) is 7.11. The smallest absolute Gasteiger partial charge is 0.404 e. The van der Waals surface area contributed by atoms with Crippen molar-refractivity contribution in [2.45, 2.75) is 45.5 Å². The summed E-state index contributed by atoms with van der Waals surface area (Å²) in [5.74, 6) is -2.68. The van der Waals surface area contributed by atoms with Crippen LogP contribution in [0.3, 0.4) is 0 Å². The van der Waals surface area contributed by atoms with Crippen LogP contribution in [-0.4, -0.2) is 94.6 Å². The second-order valence-electron chi connectivity index (χ2n) is 9.17. The van der Waals surface area contributed by atoms with Gasteiger partial charge in [-0.05, 0) is 25.5 Å². The Balaban J connectivity index is 2.45.